The molecule has 2 rings (SSSR count). The lowest BCUT2D eigenvalue weighted by Gasteiger charge is -2.37. The average Bonchev–Trinajstić information content (AvgIpc) is 2.37. The summed E-state index contributed by atoms with van der Waals surface area (Å²) in [6, 6.07) is 3.05. The van der Waals surface area contributed by atoms with Gasteiger partial charge in [0, 0.05) is 27.2 Å². The van der Waals surface area contributed by atoms with Crippen molar-refractivity contribution in [2.24, 2.45) is 0 Å². The van der Waals surface area contributed by atoms with E-state index in [-0.39, 0.29) is 17.0 Å². The van der Waals surface area contributed by atoms with E-state index in [2.05, 4.69) is 31.9 Å². The lowest BCUT2D eigenvalue weighted by atomic mass is 10.2. The molecule has 0 amide bonds. The first-order valence-electron chi connectivity index (χ1n) is 6.65. The molecular formula is C13H18Br2N2O3S. The molecule has 1 aromatic rings. The van der Waals surface area contributed by atoms with Crippen molar-refractivity contribution in [1.29, 1.82) is 0 Å². The van der Waals surface area contributed by atoms with Gasteiger partial charge in [-0.1, -0.05) is 6.92 Å². The summed E-state index contributed by atoms with van der Waals surface area (Å²) in [5, 5.41) is 0. The van der Waals surface area contributed by atoms with Gasteiger partial charge < -0.3 is 10.5 Å². The number of nitrogens with zero attached hydrogens (tertiary/aromatic N) is 1. The number of nitrogens with two attached hydrogens (primary N) is 1. The Morgan fingerprint density at radius 2 is 1.95 bits per heavy atom. The summed E-state index contributed by atoms with van der Waals surface area (Å²) in [5.74, 6) is 0. The summed E-state index contributed by atoms with van der Waals surface area (Å²) >= 11 is 6.62. The molecule has 0 aromatic heterocycles. The van der Waals surface area contributed by atoms with Crippen molar-refractivity contribution in [3.63, 3.8) is 0 Å². The van der Waals surface area contributed by atoms with Gasteiger partial charge in [0.05, 0.1) is 12.7 Å². The van der Waals surface area contributed by atoms with Crippen molar-refractivity contribution in [3.8, 4) is 0 Å². The molecule has 21 heavy (non-hydrogen) atoms. The third kappa shape index (κ3) is 3.44. The average molecular weight is 442 g/mol. The van der Waals surface area contributed by atoms with Gasteiger partial charge in [-0.2, -0.15) is 4.31 Å². The number of morpholine rings is 1. The number of hydrogen-bond donors (Lipinski definition) is 1. The number of anilines is 1. The summed E-state index contributed by atoms with van der Waals surface area (Å²) in [5.41, 5.74) is 6.23. The summed E-state index contributed by atoms with van der Waals surface area (Å²) < 4.78 is 34.1. The summed E-state index contributed by atoms with van der Waals surface area (Å²) in [7, 11) is -3.63. The van der Waals surface area contributed by atoms with Gasteiger partial charge in [-0.15, -0.1) is 0 Å². The van der Waals surface area contributed by atoms with Crippen LogP contribution in [-0.2, 0) is 14.8 Å². The molecule has 1 saturated heterocycles. The predicted octanol–water partition coefficient (Wildman–Crippen LogP) is 2.98. The minimum atomic E-state index is -3.63. The molecule has 5 nitrogen and oxygen atoms in total. The van der Waals surface area contributed by atoms with E-state index >= 15 is 0 Å². The maximum Gasteiger partial charge on any atom is 0.245 e. The number of sulfonamides is 1. The summed E-state index contributed by atoms with van der Waals surface area (Å²) in [6.07, 6.45) is 0.588. The van der Waals surface area contributed by atoms with Crippen molar-refractivity contribution in [2.45, 2.75) is 37.3 Å². The van der Waals surface area contributed by atoms with Crippen LogP contribution in [0.1, 0.15) is 20.3 Å². The molecule has 2 unspecified atom stereocenters. The molecule has 1 heterocycles. The van der Waals surface area contributed by atoms with Gasteiger partial charge in [0.15, 0.2) is 0 Å². The first-order chi connectivity index (χ1) is 9.77. The monoisotopic (exact) mass is 440 g/mol. The smallest absolute Gasteiger partial charge is 0.245 e. The van der Waals surface area contributed by atoms with Crippen LogP contribution in [0.15, 0.2) is 26.0 Å². The third-order valence-corrected chi connectivity index (χ3v) is 7.27. The standard InChI is InChI=1S/C13H18Br2N2O3S/c1-3-10-7-20-8(2)6-17(10)21(18,19)13-11(14)4-9(16)5-12(13)15/h4-5,8,10H,3,6-7,16H2,1-2H3. The second kappa shape index (κ2) is 6.54. The minimum Gasteiger partial charge on any atom is -0.399 e. The second-order valence-electron chi connectivity index (χ2n) is 5.09. The van der Waals surface area contributed by atoms with Crippen molar-refractivity contribution < 1.29 is 13.2 Å². The minimum absolute atomic E-state index is 0.117. The first-order valence-corrected chi connectivity index (χ1v) is 9.68. The van der Waals surface area contributed by atoms with Gasteiger partial charge >= 0.3 is 0 Å². The Morgan fingerprint density at radius 3 is 2.48 bits per heavy atom. The van der Waals surface area contributed by atoms with E-state index in [1.165, 1.54) is 4.31 Å². The molecule has 1 aliphatic rings. The van der Waals surface area contributed by atoms with Crippen LogP contribution in [0.5, 0.6) is 0 Å². The number of benzene rings is 1. The highest BCUT2D eigenvalue weighted by molar-refractivity contribution is 9.11. The fourth-order valence-corrected chi connectivity index (χ4v) is 6.68. The predicted molar refractivity (Wildman–Crippen MR) is 89.6 cm³/mol. The highest BCUT2D eigenvalue weighted by Gasteiger charge is 2.37. The number of ether oxygens (including phenoxy) is 1. The van der Waals surface area contributed by atoms with Gasteiger partial charge in [0.1, 0.15) is 4.90 Å². The zero-order chi connectivity index (χ0) is 15.8. The van der Waals surface area contributed by atoms with Gasteiger partial charge in [-0.3, -0.25) is 0 Å². The zero-order valence-corrected chi connectivity index (χ0v) is 15.8. The molecule has 0 spiro atoms. The van der Waals surface area contributed by atoms with Crippen LogP contribution < -0.4 is 5.73 Å². The number of rotatable bonds is 3. The lowest BCUT2D eigenvalue weighted by molar-refractivity contribution is -0.0230. The maximum absolute atomic E-state index is 13.0. The topological polar surface area (TPSA) is 72.6 Å². The molecule has 118 valence electrons. The molecule has 1 fully saturated rings. The van der Waals surface area contributed by atoms with Crippen LogP contribution in [0.4, 0.5) is 5.69 Å². The van der Waals surface area contributed by atoms with Crippen molar-refractivity contribution in [3.05, 3.63) is 21.1 Å². The highest BCUT2D eigenvalue weighted by atomic mass is 79.9. The van der Waals surface area contributed by atoms with Gasteiger partial charge in [0.25, 0.3) is 0 Å². The fraction of sp³-hybridized carbons (Fsp3) is 0.538. The van der Waals surface area contributed by atoms with Crippen LogP contribution in [0.2, 0.25) is 0 Å². The van der Waals surface area contributed by atoms with E-state index in [1.54, 1.807) is 12.1 Å². The van der Waals surface area contributed by atoms with Crippen LogP contribution in [0, 0.1) is 0 Å². The molecule has 0 aliphatic carbocycles. The summed E-state index contributed by atoms with van der Waals surface area (Å²) in [4.78, 5) is 0.212. The van der Waals surface area contributed by atoms with E-state index in [1.807, 2.05) is 13.8 Å². The van der Waals surface area contributed by atoms with Gasteiger partial charge in [-0.25, -0.2) is 8.42 Å². The number of hydrogen-bond acceptors (Lipinski definition) is 4. The maximum atomic E-state index is 13.0. The van der Waals surface area contributed by atoms with Crippen LogP contribution in [0.25, 0.3) is 0 Å². The highest BCUT2D eigenvalue weighted by Crippen LogP contribution is 2.36. The SMILES string of the molecule is CCC1COC(C)CN1S(=O)(=O)c1c(Br)cc(N)cc1Br. The first kappa shape index (κ1) is 17.2. The molecule has 0 saturated carbocycles. The Balaban J connectivity index is 2.50. The third-order valence-electron chi connectivity index (χ3n) is 3.48. The molecule has 2 N–H and O–H groups in total. The molecule has 1 aromatic carbocycles. The van der Waals surface area contributed by atoms with Gasteiger partial charge in [0.2, 0.25) is 10.0 Å². The van der Waals surface area contributed by atoms with Crippen molar-refractivity contribution >= 4 is 47.6 Å². The molecule has 1 aliphatic heterocycles. The Hall–Kier alpha value is -0.150. The van der Waals surface area contributed by atoms with E-state index in [0.717, 1.165) is 0 Å². The molecular weight excluding hydrogens is 424 g/mol. The molecule has 0 bridgehead atoms. The summed E-state index contributed by atoms with van der Waals surface area (Å²) in [6.45, 7) is 4.60. The van der Waals surface area contributed by atoms with Gasteiger partial charge in [-0.05, 0) is 57.3 Å². The van der Waals surface area contributed by atoms with Crippen molar-refractivity contribution in [2.75, 3.05) is 18.9 Å². The quantitative estimate of drug-likeness (QED) is 0.731. The largest absolute Gasteiger partial charge is 0.399 e. The Labute approximate surface area is 142 Å². The lowest BCUT2D eigenvalue weighted by Crippen LogP contribution is -2.51. The van der Waals surface area contributed by atoms with E-state index in [9.17, 15) is 8.42 Å². The van der Waals surface area contributed by atoms with Crippen molar-refractivity contribution in [1.82, 2.24) is 4.31 Å². The zero-order valence-electron chi connectivity index (χ0n) is 11.8. The number of halogens is 2. The Morgan fingerprint density at radius 1 is 1.38 bits per heavy atom. The number of nitrogen functional groups attached to an aromatic ring is 1. The normalized spacial score (nSPS) is 24.2. The Bertz CT molecular complexity index is 613. The molecule has 8 heteroatoms. The van der Waals surface area contributed by atoms with E-state index in [0.29, 0.717) is 34.2 Å². The van der Waals surface area contributed by atoms with E-state index < -0.39 is 10.0 Å². The Kier molecular flexibility index (Phi) is 5.36. The fourth-order valence-electron chi connectivity index (χ4n) is 2.37. The van der Waals surface area contributed by atoms with Crippen LogP contribution >= 0.6 is 31.9 Å². The van der Waals surface area contributed by atoms with Crippen LogP contribution in [0.3, 0.4) is 0 Å². The van der Waals surface area contributed by atoms with E-state index in [4.69, 9.17) is 10.5 Å². The van der Waals surface area contributed by atoms with Crippen LogP contribution in [-0.4, -0.2) is 38.0 Å². The second-order valence-corrected chi connectivity index (χ2v) is 8.63. The molecule has 0 radical (unpaired) electrons. The molecule has 2 atom stereocenters.